The molecule has 0 aliphatic carbocycles. The van der Waals surface area contributed by atoms with E-state index in [9.17, 15) is 4.79 Å². The zero-order valence-corrected chi connectivity index (χ0v) is 15.2. The SMILES string of the molecule is COc1ccc(CCNC(=O)[C@@H](C)Oc2ccc(C)cc2)cc1OC. The van der Waals surface area contributed by atoms with Crippen LogP contribution in [0, 0.1) is 6.92 Å². The standard InChI is InChI=1S/C20H25NO4/c1-14-5-8-17(9-6-14)25-15(2)20(22)21-12-11-16-7-10-18(23-3)19(13-16)24-4/h5-10,13,15H,11-12H2,1-4H3,(H,21,22)/t15-/m1/s1. The van der Waals surface area contributed by atoms with Crippen LogP contribution in [0.25, 0.3) is 0 Å². The van der Waals surface area contributed by atoms with Crippen molar-refractivity contribution in [1.82, 2.24) is 5.32 Å². The predicted molar refractivity (Wildman–Crippen MR) is 97.5 cm³/mol. The minimum atomic E-state index is -0.548. The van der Waals surface area contributed by atoms with Crippen molar-refractivity contribution in [2.24, 2.45) is 0 Å². The summed E-state index contributed by atoms with van der Waals surface area (Å²) in [4.78, 5) is 12.1. The number of hydrogen-bond acceptors (Lipinski definition) is 4. The van der Waals surface area contributed by atoms with Crippen molar-refractivity contribution >= 4 is 5.91 Å². The van der Waals surface area contributed by atoms with Crippen molar-refractivity contribution in [2.45, 2.75) is 26.4 Å². The van der Waals surface area contributed by atoms with E-state index in [2.05, 4.69) is 5.32 Å². The van der Waals surface area contributed by atoms with Crippen LogP contribution >= 0.6 is 0 Å². The smallest absolute Gasteiger partial charge is 0.260 e. The maximum atomic E-state index is 12.1. The van der Waals surface area contributed by atoms with E-state index in [1.165, 1.54) is 0 Å². The minimum absolute atomic E-state index is 0.138. The van der Waals surface area contributed by atoms with Crippen LogP contribution in [0.4, 0.5) is 0 Å². The van der Waals surface area contributed by atoms with Crippen molar-refractivity contribution in [1.29, 1.82) is 0 Å². The number of carbonyl (C=O) groups excluding carboxylic acids is 1. The van der Waals surface area contributed by atoms with Gasteiger partial charge in [-0.2, -0.15) is 0 Å². The zero-order chi connectivity index (χ0) is 18.2. The molecular formula is C20H25NO4. The lowest BCUT2D eigenvalue weighted by Crippen LogP contribution is -2.37. The Hall–Kier alpha value is -2.69. The summed E-state index contributed by atoms with van der Waals surface area (Å²) in [6.07, 6.45) is 0.150. The van der Waals surface area contributed by atoms with Crippen molar-refractivity contribution in [3.8, 4) is 17.2 Å². The van der Waals surface area contributed by atoms with E-state index in [0.717, 1.165) is 11.1 Å². The first-order valence-electron chi connectivity index (χ1n) is 8.25. The summed E-state index contributed by atoms with van der Waals surface area (Å²) in [5.74, 6) is 1.92. The van der Waals surface area contributed by atoms with Gasteiger partial charge in [-0.25, -0.2) is 0 Å². The summed E-state index contributed by atoms with van der Waals surface area (Å²) in [5, 5.41) is 2.89. The van der Waals surface area contributed by atoms with E-state index < -0.39 is 6.10 Å². The highest BCUT2D eigenvalue weighted by Gasteiger charge is 2.14. The third-order valence-corrected chi connectivity index (χ3v) is 3.86. The second-order valence-electron chi connectivity index (χ2n) is 5.80. The molecule has 134 valence electrons. The Kier molecular flexibility index (Phi) is 6.69. The molecule has 0 bridgehead atoms. The number of amides is 1. The molecule has 2 aromatic carbocycles. The summed E-state index contributed by atoms with van der Waals surface area (Å²) in [7, 11) is 3.21. The highest BCUT2D eigenvalue weighted by molar-refractivity contribution is 5.80. The lowest BCUT2D eigenvalue weighted by Gasteiger charge is -2.15. The summed E-state index contributed by atoms with van der Waals surface area (Å²) < 4.78 is 16.2. The molecule has 2 aromatic rings. The fourth-order valence-electron chi connectivity index (χ4n) is 2.38. The number of rotatable bonds is 8. The molecule has 0 aromatic heterocycles. The number of aryl methyl sites for hydroxylation is 1. The molecule has 0 unspecified atom stereocenters. The molecule has 5 heteroatoms. The number of benzene rings is 2. The van der Waals surface area contributed by atoms with E-state index in [-0.39, 0.29) is 5.91 Å². The van der Waals surface area contributed by atoms with Crippen LogP contribution in [0.15, 0.2) is 42.5 Å². The first kappa shape index (κ1) is 18.6. The van der Waals surface area contributed by atoms with Gasteiger partial charge in [-0.3, -0.25) is 4.79 Å². The molecule has 0 aliphatic heterocycles. The van der Waals surface area contributed by atoms with Crippen molar-refractivity contribution in [3.05, 3.63) is 53.6 Å². The number of hydrogen-bond donors (Lipinski definition) is 1. The zero-order valence-electron chi connectivity index (χ0n) is 15.2. The van der Waals surface area contributed by atoms with Gasteiger partial charge in [-0.1, -0.05) is 23.8 Å². The quantitative estimate of drug-likeness (QED) is 0.800. The van der Waals surface area contributed by atoms with Crippen LogP contribution in [0.1, 0.15) is 18.1 Å². The van der Waals surface area contributed by atoms with Crippen LogP contribution in [0.2, 0.25) is 0 Å². The molecule has 0 aliphatic rings. The van der Waals surface area contributed by atoms with Gasteiger partial charge in [0.1, 0.15) is 5.75 Å². The first-order chi connectivity index (χ1) is 12.0. The van der Waals surface area contributed by atoms with Crippen LogP contribution < -0.4 is 19.5 Å². The summed E-state index contributed by atoms with van der Waals surface area (Å²) in [5.41, 5.74) is 2.21. The van der Waals surface area contributed by atoms with Gasteiger partial charge in [0.15, 0.2) is 17.6 Å². The van der Waals surface area contributed by atoms with Crippen LogP contribution in [0.3, 0.4) is 0 Å². The average molecular weight is 343 g/mol. The van der Waals surface area contributed by atoms with Gasteiger partial charge in [0.05, 0.1) is 14.2 Å². The lowest BCUT2D eigenvalue weighted by molar-refractivity contribution is -0.127. The predicted octanol–water partition coefficient (Wildman–Crippen LogP) is 3.14. The monoisotopic (exact) mass is 343 g/mol. The summed E-state index contributed by atoms with van der Waals surface area (Å²) >= 11 is 0. The molecule has 0 radical (unpaired) electrons. The van der Waals surface area contributed by atoms with Gasteiger partial charge in [-0.05, 0) is 50.1 Å². The molecule has 5 nitrogen and oxygen atoms in total. The average Bonchev–Trinajstić information content (AvgIpc) is 2.63. The fraction of sp³-hybridized carbons (Fsp3) is 0.350. The third-order valence-electron chi connectivity index (χ3n) is 3.86. The van der Waals surface area contributed by atoms with E-state index in [1.807, 2.05) is 49.4 Å². The Morgan fingerprint density at radius 1 is 1.04 bits per heavy atom. The largest absolute Gasteiger partial charge is 0.493 e. The molecule has 1 atom stereocenters. The summed E-state index contributed by atoms with van der Waals surface area (Å²) in [6, 6.07) is 13.4. The highest BCUT2D eigenvalue weighted by atomic mass is 16.5. The molecule has 25 heavy (non-hydrogen) atoms. The number of methoxy groups -OCH3 is 2. The molecule has 0 spiro atoms. The van der Waals surface area contributed by atoms with Gasteiger partial charge in [0, 0.05) is 6.54 Å². The molecule has 0 saturated heterocycles. The Balaban J connectivity index is 1.82. The molecule has 1 N–H and O–H groups in total. The molecule has 0 heterocycles. The normalized spacial score (nSPS) is 11.5. The highest BCUT2D eigenvalue weighted by Crippen LogP contribution is 2.27. The van der Waals surface area contributed by atoms with Crippen LogP contribution in [-0.2, 0) is 11.2 Å². The van der Waals surface area contributed by atoms with Crippen molar-refractivity contribution < 1.29 is 19.0 Å². The third kappa shape index (κ3) is 5.41. The van der Waals surface area contributed by atoms with Gasteiger partial charge < -0.3 is 19.5 Å². The maximum absolute atomic E-state index is 12.1. The second-order valence-corrected chi connectivity index (χ2v) is 5.80. The molecule has 1 amide bonds. The van der Waals surface area contributed by atoms with E-state index in [1.54, 1.807) is 21.1 Å². The second kappa shape index (κ2) is 8.97. The summed E-state index contributed by atoms with van der Waals surface area (Å²) in [6.45, 7) is 4.27. The van der Waals surface area contributed by atoms with Gasteiger partial charge in [-0.15, -0.1) is 0 Å². The number of nitrogens with one attached hydrogen (secondary N) is 1. The molecule has 0 fully saturated rings. The van der Waals surface area contributed by atoms with Gasteiger partial charge in [0.2, 0.25) is 0 Å². The van der Waals surface area contributed by atoms with Crippen molar-refractivity contribution in [3.63, 3.8) is 0 Å². The van der Waals surface area contributed by atoms with Gasteiger partial charge in [0.25, 0.3) is 5.91 Å². The Morgan fingerprint density at radius 3 is 2.36 bits per heavy atom. The Bertz CT molecular complexity index is 697. The number of carbonyl (C=O) groups is 1. The lowest BCUT2D eigenvalue weighted by atomic mass is 10.1. The molecular weight excluding hydrogens is 318 g/mol. The minimum Gasteiger partial charge on any atom is -0.493 e. The van der Waals surface area contributed by atoms with Crippen LogP contribution in [-0.4, -0.2) is 32.8 Å². The first-order valence-corrected chi connectivity index (χ1v) is 8.25. The fourth-order valence-corrected chi connectivity index (χ4v) is 2.38. The number of ether oxygens (including phenoxy) is 3. The Labute approximate surface area is 148 Å². The van der Waals surface area contributed by atoms with E-state index in [4.69, 9.17) is 14.2 Å². The van der Waals surface area contributed by atoms with E-state index in [0.29, 0.717) is 30.2 Å². The maximum Gasteiger partial charge on any atom is 0.260 e. The van der Waals surface area contributed by atoms with Gasteiger partial charge >= 0.3 is 0 Å². The topological polar surface area (TPSA) is 56.8 Å². The Morgan fingerprint density at radius 2 is 1.72 bits per heavy atom. The molecule has 2 rings (SSSR count). The molecule has 0 saturated carbocycles. The van der Waals surface area contributed by atoms with E-state index >= 15 is 0 Å². The van der Waals surface area contributed by atoms with Crippen molar-refractivity contribution in [2.75, 3.05) is 20.8 Å². The van der Waals surface area contributed by atoms with Crippen LogP contribution in [0.5, 0.6) is 17.2 Å².